The Hall–Kier alpha value is -1.79. The molecule has 3 N–H and O–H groups in total. The molecule has 0 bridgehead atoms. The lowest BCUT2D eigenvalue weighted by Gasteiger charge is -2.07. The van der Waals surface area contributed by atoms with Gasteiger partial charge in [0.2, 0.25) is 5.88 Å². The summed E-state index contributed by atoms with van der Waals surface area (Å²) >= 11 is 9.34. The first-order valence-corrected chi connectivity index (χ1v) is 6.34. The highest BCUT2D eigenvalue weighted by Gasteiger charge is 2.06. The maximum absolute atomic E-state index is 8.54. The molecule has 0 fully saturated rings. The van der Waals surface area contributed by atoms with Crippen molar-refractivity contribution in [1.29, 1.82) is 0 Å². The van der Waals surface area contributed by atoms with E-state index in [0.29, 0.717) is 22.2 Å². The van der Waals surface area contributed by atoms with Crippen LogP contribution in [0, 0.1) is 0 Å². The van der Waals surface area contributed by atoms with Gasteiger partial charge in [-0.3, -0.25) is 0 Å². The molecule has 1 aromatic heterocycles. The summed E-state index contributed by atoms with van der Waals surface area (Å²) in [6, 6.07) is 8.49. The van der Waals surface area contributed by atoms with E-state index in [1.807, 2.05) is 6.07 Å². The molecule has 19 heavy (non-hydrogen) atoms. The number of amidine groups is 1. The minimum Gasteiger partial charge on any atom is -0.437 e. The SMILES string of the molecule is NC(=NO)c1ccc(Oc2cc(Br)ccc2Cl)nc1. The number of hydrogen-bond acceptors (Lipinski definition) is 4. The zero-order chi connectivity index (χ0) is 13.8. The Morgan fingerprint density at radius 2 is 2.16 bits per heavy atom. The summed E-state index contributed by atoms with van der Waals surface area (Å²) in [5, 5.41) is 11.9. The summed E-state index contributed by atoms with van der Waals surface area (Å²) in [5.41, 5.74) is 5.93. The molecule has 0 radical (unpaired) electrons. The predicted molar refractivity (Wildman–Crippen MR) is 76.0 cm³/mol. The van der Waals surface area contributed by atoms with E-state index in [1.54, 1.807) is 24.3 Å². The van der Waals surface area contributed by atoms with Gasteiger partial charge in [-0.1, -0.05) is 32.7 Å². The molecule has 0 aliphatic rings. The quantitative estimate of drug-likeness (QED) is 0.388. The number of rotatable bonds is 3. The lowest BCUT2D eigenvalue weighted by atomic mass is 10.3. The minimum absolute atomic E-state index is 0.0143. The number of nitrogens with zero attached hydrogens (tertiary/aromatic N) is 2. The van der Waals surface area contributed by atoms with Gasteiger partial charge >= 0.3 is 0 Å². The number of benzene rings is 1. The maximum atomic E-state index is 8.54. The molecule has 0 saturated carbocycles. The molecule has 98 valence electrons. The average molecular weight is 343 g/mol. The highest BCUT2D eigenvalue weighted by atomic mass is 79.9. The molecule has 0 spiro atoms. The van der Waals surface area contributed by atoms with Crippen LogP contribution >= 0.6 is 27.5 Å². The van der Waals surface area contributed by atoms with E-state index in [2.05, 4.69) is 26.1 Å². The van der Waals surface area contributed by atoms with Crippen LogP contribution in [-0.2, 0) is 0 Å². The summed E-state index contributed by atoms with van der Waals surface area (Å²) in [4.78, 5) is 4.05. The van der Waals surface area contributed by atoms with Crippen LogP contribution in [0.2, 0.25) is 5.02 Å². The first-order valence-electron chi connectivity index (χ1n) is 5.17. The molecule has 0 aliphatic carbocycles. The Kier molecular flexibility index (Phi) is 4.24. The van der Waals surface area contributed by atoms with Crippen LogP contribution in [0.3, 0.4) is 0 Å². The zero-order valence-corrected chi connectivity index (χ0v) is 11.9. The molecular formula is C12H9BrClN3O2. The second-order valence-electron chi connectivity index (χ2n) is 3.55. The van der Waals surface area contributed by atoms with Crippen molar-refractivity contribution < 1.29 is 9.94 Å². The fraction of sp³-hybridized carbons (Fsp3) is 0. The molecule has 2 rings (SSSR count). The van der Waals surface area contributed by atoms with Gasteiger partial charge in [0.05, 0.1) is 5.02 Å². The number of aromatic nitrogens is 1. The smallest absolute Gasteiger partial charge is 0.219 e. The van der Waals surface area contributed by atoms with Crippen molar-refractivity contribution in [3.05, 3.63) is 51.6 Å². The van der Waals surface area contributed by atoms with Gasteiger partial charge < -0.3 is 15.7 Å². The second kappa shape index (κ2) is 5.90. The van der Waals surface area contributed by atoms with Gasteiger partial charge in [0.1, 0.15) is 5.75 Å². The summed E-state index contributed by atoms with van der Waals surface area (Å²) in [5.74, 6) is 0.828. The van der Waals surface area contributed by atoms with Crippen molar-refractivity contribution >= 4 is 33.4 Å². The topological polar surface area (TPSA) is 80.7 Å². The third kappa shape index (κ3) is 3.36. The number of hydrogen-bond donors (Lipinski definition) is 2. The zero-order valence-electron chi connectivity index (χ0n) is 9.55. The second-order valence-corrected chi connectivity index (χ2v) is 4.87. The molecular weight excluding hydrogens is 334 g/mol. The lowest BCUT2D eigenvalue weighted by Crippen LogP contribution is -2.13. The van der Waals surface area contributed by atoms with E-state index in [4.69, 9.17) is 27.3 Å². The number of pyridine rings is 1. The fourth-order valence-corrected chi connectivity index (χ4v) is 1.81. The van der Waals surface area contributed by atoms with Gasteiger partial charge in [-0.15, -0.1) is 0 Å². The van der Waals surface area contributed by atoms with Crippen LogP contribution in [0.5, 0.6) is 11.6 Å². The fourth-order valence-electron chi connectivity index (χ4n) is 1.32. The first-order chi connectivity index (χ1) is 9.10. The van der Waals surface area contributed by atoms with Gasteiger partial charge in [-0.05, 0) is 24.3 Å². The van der Waals surface area contributed by atoms with E-state index in [-0.39, 0.29) is 5.84 Å². The summed E-state index contributed by atoms with van der Waals surface area (Å²) in [6.07, 6.45) is 1.44. The Morgan fingerprint density at radius 1 is 1.37 bits per heavy atom. The summed E-state index contributed by atoms with van der Waals surface area (Å²) < 4.78 is 6.39. The standard InChI is InChI=1S/C12H9BrClN3O2/c13-8-2-3-9(14)10(5-8)19-11-4-1-7(6-16-11)12(15)17-18/h1-6,18H,(H2,15,17). The molecule has 0 amide bonds. The van der Waals surface area contributed by atoms with Crippen LogP contribution in [-0.4, -0.2) is 16.0 Å². The van der Waals surface area contributed by atoms with Crippen LogP contribution in [0.1, 0.15) is 5.56 Å². The van der Waals surface area contributed by atoms with E-state index < -0.39 is 0 Å². The Morgan fingerprint density at radius 3 is 2.79 bits per heavy atom. The van der Waals surface area contributed by atoms with Crippen molar-refractivity contribution in [3.63, 3.8) is 0 Å². The molecule has 0 unspecified atom stereocenters. The van der Waals surface area contributed by atoms with Gasteiger partial charge in [-0.25, -0.2) is 4.98 Å². The van der Waals surface area contributed by atoms with Crippen molar-refractivity contribution in [3.8, 4) is 11.6 Å². The Labute approximate surface area is 122 Å². The highest BCUT2D eigenvalue weighted by molar-refractivity contribution is 9.10. The molecule has 2 aromatic rings. The van der Waals surface area contributed by atoms with Crippen LogP contribution in [0.25, 0.3) is 0 Å². The van der Waals surface area contributed by atoms with Gasteiger partial charge in [-0.2, -0.15) is 0 Å². The van der Waals surface area contributed by atoms with Crippen LogP contribution < -0.4 is 10.5 Å². The first kappa shape index (κ1) is 13.6. The molecule has 1 aromatic carbocycles. The Balaban J connectivity index is 2.22. The maximum Gasteiger partial charge on any atom is 0.219 e. The van der Waals surface area contributed by atoms with Crippen molar-refractivity contribution in [2.45, 2.75) is 0 Å². The minimum atomic E-state index is -0.0143. The van der Waals surface area contributed by atoms with Crippen molar-refractivity contribution in [1.82, 2.24) is 4.98 Å². The van der Waals surface area contributed by atoms with Gasteiger partial charge in [0, 0.05) is 22.3 Å². The third-order valence-electron chi connectivity index (χ3n) is 2.25. The van der Waals surface area contributed by atoms with Gasteiger partial charge in [0.25, 0.3) is 0 Å². The van der Waals surface area contributed by atoms with Crippen LogP contribution in [0.4, 0.5) is 0 Å². The molecule has 0 saturated heterocycles. The predicted octanol–water partition coefficient (Wildman–Crippen LogP) is 3.38. The van der Waals surface area contributed by atoms with E-state index in [9.17, 15) is 0 Å². The van der Waals surface area contributed by atoms with Crippen molar-refractivity contribution in [2.24, 2.45) is 10.9 Å². The van der Waals surface area contributed by atoms with E-state index >= 15 is 0 Å². The van der Waals surface area contributed by atoms with E-state index in [1.165, 1.54) is 6.20 Å². The van der Waals surface area contributed by atoms with Crippen molar-refractivity contribution in [2.75, 3.05) is 0 Å². The third-order valence-corrected chi connectivity index (χ3v) is 3.05. The highest BCUT2D eigenvalue weighted by Crippen LogP contribution is 2.31. The molecule has 1 heterocycles. The molecule has 7 heteroatoms. The summed E-state index contributed by atoms with van der Waals surface area (Å²) in [6.45, 7) is 0. The molecule has 5 nitrogen and oxygen atoms in total. The Bertz CT molecular complexity index is 617. The lowest BCUT2D eigenvalue weighted by molar-refractivity contribution is 0.318. The van der Waals surface area contributed by atoms with Gasteiger partial charge in [0.15, 0.2) is 5.84 Å². The number of oxime groups is 1. The van der Waals surface area contributed by atoms with Crippen LogP contribution in [0.15, 0.2) is 46.2 Å². The molecule has 0 atom stereocenters. The monoisotopic (exact) mass is 341 g/mol. The largest absolute Gasteiger partial charge is 0.437 e. The number of ether oxygens (including phenoxy) is 1. The molecule has 0 aliphatic heterocycles. The summed E-state index contributed by atoms with van der Waals surface area (Å²) in [7, 11) is 0. The average Bonchev–Trinajstić information content (AvgIpc) is 2.43. The normalized spacial score (nSPS) is 11.4. The van der Waals surface area contributed by atoms with E-state index in [0.717, 1.165) is 4.47 Å². The number of halogens is 2. The number of nitrogens with two attached hydrogens (primary N) is 1.